The van der Waals surface area contributed by atoms with Gasteiger partial charge in [-0.15, -0.1) is 0 Å². The van der Waals surface area contributed by atoms with Gasteiger partial charge in [0.25, 0.3) is 0 Å². The van der Waals surface area contributed by atoms with Crippen molar-refractivity contribution in [2.75, 3.05) is 20.3 Å². The zero-order valence-electron chi connectivity index (χ0n) is 7.50. The summed E-state index contributed by atoms with van der Waals surface area (Å²) >= 11 is 0. The highest BCUT2D eigenvalue weighted by atomic mass is 16.5. The van der Waals surface area contributed by atoms with Crippen molar-refractivity contribution < 1.29 is 25.2 Å². The third-order valence-electron chi connectivity index (χ3n) is 1.89. The largest absolute Gasteiger partial charge is 0.394 e. The number of hydrogen-bond donors (Lipinski definition) is 5. The second-order valence-corrected chi connectivity index (χ2v) is 2.77. The molecule has 0 amide bonds. The van der Waals surface area contributed by atoms with Gasteiger partial charge in [0.15, 0.2) is 0 Å². The molecule has 0 fully saturated rings. The third-order valence-corrected chi connectivity index (χ3v) is 1.89. The van der Waals surface area contributed by atoms with Gasteiger partial charge in [-0.1, -0.05) is 0 Å². The van der Waals surface area contributed by atoms with Crippen LogP contribution in [0.2, 0.25) is 0 Å². The Kier molecular flexibility index (Phi) is 6.13. The Hall–Kier alpha value is -0.240. The maximum atomic E-state index is 9.40. The minimum absolute atomic E-state index is 0.399. The van der Waals surface area contributed by atoms with Crippen LogP contribution in [-0.4, -0.2) is 65.1 Å². The molecule has 0 aliphatic carbocycles. The van der Waals surface area contributed by atoms with E-state index in [1.807, 2.05) is 0 Å². The Balaban J connectivity index is 4.13. The van der Waals surface area contributed by atoms with Gasteiger partial charge in [-0.25, -0.2) is 0 Å². The topological polar surface area (TPSA) is 116 Å². The summed E-state index contributed by atoms with van der Waals surface area (Å²) in [6, 6.07) is -1.04. The van der Waals surface area contributed by atoms with Gasteiger partial charge in [-0.3, -0.25) is 0 Å². The van der Waals surface area contributed by atoms with Crippen LogP contribution in [0.25, 0.3) is 0 Å². The summed E-state index contributed by atoms with van der Waals surface area (Å²) in [6.45, 7) is -0.941. The lowest BCUT2D eigenvalue weighted by molar-refractivity contribution is -0.0741. The molecule has 0 saturated carbocycles. The van der Waals surface area contributed by atoms with Crippen LogP contribution < -0.4 is 5.73 Å². The standard InChI is InChI=1S/C7H17NO5/c1-13-5(3-10)7(12)6(8)4(11)2-9/h4-7,9-12H,2-3,8H2,1H3/t4-,5?,6?,7?/m1/s1. The fourth-order valence-electron chi connectivity index (χ4n) is 0.919. The number of nitrogens with two attached hydrogens (primary N) is 1. The fourth-order valence-corrected chi connectivity index (χ4v) is 0.919. The summed E-state index contributed by atoms with van der Waals surface area (Å²) in [4.78, 5) is 0. The molecule has 0 aliphatic rings. The molecule has 80 valence electrons. The van der Waals surface area contributed by atoms with Crippen molar-refractivity contribution in [3.63, 3.8) is 0 Å². The van der Waals surface area contributed by atoms with E-state index in [9.17, 15) is 5.11 Å². The Morgan fingerprint density at radius 1 is 1.23 bits per heavy atom. The average molecular weight is 195 g/mol. The van der Waals surface area contributed by atoms with Crippen LogP contribution in [-0.2, 0) is 4.74 Å². The van der Waals surface area contributed by atoms with Crippen LogP contribution >= 0.6 is 0 Å². The van der Waals surface area contributed by atoms with Crippen LogP contribution in [0, 0.1) is 0 Å². The van der Waals surface area contributed by atoms with Gasteiger partial charge in [0.1, 0.15) is 12.2 Å². The summed E-state index contributed by atoms with van der Waals surface area (Å²) in [5.74, 6) is 0. The Labute approximate surface area is 76.6 Å². The van der Waals surface area contributed by atoms with E-state index in [1.165, 1.54) is 7.11 Å². The van der Waals surface area contributed by atoms with Gasteiger partial charge < -0.3 is 30.9 Å². The number of aliphatic hydroxyl groups is 4. The molecule has 0 heterocycles. The first-order valence-corrected chi connectivity index (χ1v) is 3.94. The van der Waals surface area contributed by atoms with Gasteiger partial charge in [0.05, 0.1) is 25.4 Å². The lowest BCUT2D eigenvalue weighted by atomic mass is 10.0. The van der Waals surface area contributed by atoms with Crippen molar-refractivity contribution in [3.8, 4) is 0 Å². The lowest BCUT2D eigenvalue weighted by Crippen LogP contribution is -2.52. The molecule has 6 N–H and O–H groups in total. The second kappa shape index (κ2) is 6.25. The van der Waals surface area contributed by atoms with Crippen molar-refractivity contribution in [1.82, 2.24) is 0 Å². The highest BCUT2D eigenvalue weighted by Crippen LogP contribution is 2.04. The molecule has 6 heteroatoms. The molecule has 0 aromatic carbocycles. The molecule has 0 radical (unpaired) electrons. The summed E-state index contributed by atoms with van der Waals surface area (Å²) in [5, 5.41) is 35.7. The van der Waals surface area contributed by atoms with E-state index >= 15 is 0 Å². The van der Waals surface area contributed by atoms with Gasteiger partial charge in [0.2, 0.25) is 0 Å². The van der Waals surface area contributed by atoms with E-state index < -0.39 is 37.6 Å². The van der Waals surface area contributed by atoms with Crippen LogP contribution in [0.5, 0.6) is 0 Å². The number of aliphatic hydroxyl groups excluding tert-OH is 4. The maximum Gasteiger partial charge on any atom is 0.108 e. The zero-order chi connectivity index (χ0) is 10.4. The fraction of sp³-hybridized carbons (Fsp3) is 1.00. The monoisotopic (exact) mass is 195 g/mol. The quantitative estimate of drug-likeness (QED) is 0.309. The molecular formula is C7H17NO5. The van der Waals surface area contributed by atoms with Crippen LogP contribution in [0.3, 0.4) is 0 Å². The van der Waals surface area contributed by atoms with Crippen molar-refractivity contribution in [3.05, 3.63) is 0 Å². The van der Waals surface area contributed by atoms with Crippen molar-refractivity contribution >= 4 is 0 Å². The predicted molar refractivity (Wildman–Crippen MR) is 45.0 cm³/mol. The van der Waals surface area contributed by atoms with Crippen molar-refractivity contribution in [1.29, 1.82) is 0 Å². The molecule has 0 aliphatic heterocycles. The van der Waals surface area contributed by atoms with E-state index in [-0.39, 0.29) is 0 Å². The van der Waals surface area contributed by atoms with E-state index in [1.54, 1.807) is 0 Å². The second-order valence-electron chi connectivity index (χ2n) is 2.77. The molecule has 13 heavy (non-hydrogen) atoms. The first-order chi connectivity index (χ1) is 6.08. The molecular weight excluding hydrogens is 178 g/mol. The highest BCUT2D eigenvalue weighted by molar-refractivity contribution is 4.84. The average Bonchev–Trinajstić information content (AvgIpc) is 2.17. The summed E-state index contributed by atoms with van der Waals surface area (Å²) in [6.07, 6.45) is -3.28. The van der Waals surface area contributed by atoms with Gasteiger partial charge >= 0.3 is 0 Å². The first kappa shape index (κ1) is 12.8. The first-order valence-electron chi connectivity index (χ1n) is 3.94. The molecule has 6 nitrogen and oxygen atoms in total. The van der Waals surface area contributed by atoms with E-state index in [2.05, 4.69) is 0 Å². The maximum absolute atomic E-state index is 9.40. The molecule has 0 aromatic rings. The summed E-state index contributed by atoms with van der Waals surface area (Å²) < 4.78 is 4.70. The number of methoxy groups -OCH3 is 1. The van der Waals surface area contributed by atoms with Crippen LogP contribution in [0.1, 0.15) is 0 Å². The molecule has 0 spiro atoms. The number of rotatable bonds is 6. The van der Waals surface area contributed by atoms with Crippen LogP contribution in [0.15, 0.2) is 0 Å². The number of hydrogen-bond acceptors (Lipinski definition) is 6. The minimum Gasteiger partial charge on any atom is -0.394 e. The normalized spacial score (nSPS) is 20.8. The summed E-state index contributed by atoms with van der Waals surface area (Å²) in [5.41, 5.74) is 5.37. The molecule has 0 bridgehead atoms. The Morgan fingerprint density at radius 2 is 1.77 bits per heavy atom. The Bertz CT molecular complexity index is 130. The lowest BCUT2D eigenvalue weighted by Gasteiger charge is -2.27. The van der Waals surface area contributed by atoms with Crippen molar-refractivity contribution in [2.45, 2.75) is 24.4 Å². The SMILES string of the molecule is COC(CO)C(O)C(N)[C@H](O)CO. The molecule has 0 aromatic heterocycles. The zero-order valence-corrected chi connectivity index (χ0v) is 7.50. The number of ether oxygens (including phenoxy) is 1. The third kappa shape index (κ3) is 3.55. The van der Waals surface area contributed by atoms with Gasteiger partial charge in [-0.2, -0.15) is 0 Å². The van der Waals surface area contributed by atoms with Crippen molar-refractivity contribution in [2.24, 2.45) is 5.73 Å². The minimum atomic E-state index is -1.22. The highest BCUT2D eigenvalue weighted by Gasteiger charge is 2.29. The van der Waals surface area contributed by atoms with E-state index in [0.29, 0.717) is 0 Å². The van der Waals surface area contributed by atoms with Crippen LogP contribution in [0.4, 0.5) is 0 Å². The summed E-state index contributed by atoms with van der Waals surface area (Å²) in [7, 11) is 1.31. The van der Waals surface area contributed by atoms with E-state index in [0.717, 1.165) is 0 Å². The predicted octanol–water partition coefficient (Wildman–Crippen LogP) is -2.96. The molecule has 0 saturated heterocycles. The van der Waals surface area contributed by atoms with E-state index in [4.69, 9.17) is 25.8 Å². The Morgan fingerprint density at radius 3 is 2.08 bits per heavy atom. The molecule has 3 unspecified atom stereocenters. The smallest absolute Gasteiger partial charge is 0.108 e. The van der Waals surface area contributed by atoms with Gasteiger partial charge in [-0.05, 0) is 0 Å². The molecule has 4 atom stereocenters. The molecule has 0 rings (SSSR count). The van der Waals surface area contributed by atoms with Gasteiger partial charge in [0, 0.05) is 7.11 Å².